The third-order valence-corrected chi connectivity index (χ3v) is 4.52. The first-order valence-corrected chi connectivity index (χ1v) is 9.00. The first-order chi connectivity index (χ1) is 13.7. The number of anilines is 1. The largest absolute Gasteiger partial charge is 0.493 e. The number of carbonyl (C=O) groups excluding carboxylic acids is 1. The molecule has 0 aliphatic carbocycles. The molecule has 1 amide bonds. The van der Waals surface area contributed by atoms with Crippen LogP contribution in [-0.2, 0) is 13.0 Å². The Morgan fingerprint density at radius 1 is 1.11 bits per heavy atom. The normalized spacial score (nSPS) is 12.0. The second-order valence-corrected chi connectivity index (χ2v) is 6.38. The molecule has 1 N–H and O–H groups in total. The summed E-state index contributed by atoms with van der Waals surface area (Å²) in [5.74, 6) is 1.83. The average molecular weight is 376 g/mol. The lowest BCUT2D eigenvalue weighted by Gasteiger charge is -2.13. The van der Waals surface area contributed by atoms with E-state index in [0.717, 1.165) is 23.3 Å². The molecule has 0 spiro atoms. The predicted molar refractivity (Wildman–Crippen MR) is 105 cm³/mol. The van der Waals surface area contributed by atoms with Crippen LogP contribution in [0.5, 0.6) is 17.2 Å². The van der Waals surface area contributed by atoms with Crippen LogP contribution in [0.2, 0.25) is 0 Å². The number of ether oxygens (including phenoxy) is 3. The molecule has 6 nitrogen and oxygen atoms in total. The quantitative estimate of drug-likeness (QED) is 0.708. The van der Waals surface area contributed by atoms with Crippen molar-refractivity contribution in [2.24, 2.45) is 0 Å². The number of pyridine rings is 1. The van der Waals surface area contributed by atoms with Crippen LogP contribution in [-0.4, -0.2) is 24.6 Å². The second-order valence-electron chi connectivity index (χ2n) is 6.38. The summed E-state index contributed by atoms with van der Waals surface area (Å²) in [6.45, 7) is 1.04. The third-order valence-electron chi connectivity index (χ3n) is 4.52. The summed E-state index contributed by atoms with van der Waals surface area (Å²) >= 11 is 0. The number of hydrogen-bond donors (Lipinski definition) is 1. The fraction of sp³-hybridized carbons (Fsp3) is 0.182. The highest BCUT2D eigenvalue weighted by molar-refractivity contribution is 6.04. The number of rotatable bonds is 6. The summed E-state index contributed by atoms with van der Waals surface area (Å²) in [6.07, 6.45) is 4.26. The Balaban J connectivity index is 1.49. The molecule has 0 bridgehead atoms. The lowest BCUT2D eigenvalue weighted by molar-refractivity contribution is 0.102. The van der Waals surface area contributed by atoms with Gasteiger partial charge in [-0.15, -0.1) is 0 Å². The van der Waals surface area contributed by atoms with Gasteiger partial charge in [-0.1, -0.05) is 0 Å². The summed E-state index contributed by atoms with van der Waals surface area (Å²) in [6, 6.07) is 14.6. The summed E-state index contributed by atoms with van der Waals surface area (Å²) in [4.78, 5) is 16.6. The Morgan fingerprint density at radius 3 is 2.79 bits per heavy atom. The summed E-state index contributed by atoms with van der Waals surface area (Å²) in [7, 11) is 1.58. The van der Waals surface area contributed by atoms with Gasteiger partial charge >= 0.3 is 0 Å². The molecule has 2 heterocycles. The zero-order chi connectivity index (χ0) is 19.3. The molecule has 0 atom stereocenters. The van der Waals surface area contributed by atoms with E-state index in [2.05, 4.69) is 10.3 Å². The van der Waals surface area contributed by atoms with Crippen LogP contribution >= 0.6 is 0 Å². The number of methoxy groups -OCH3 is 1. The minimum Gasteiger partial charge on any atom is -0.493 e. The maximum atomic E-state index is 12.6. The van der Waals surface area contributed by atoms with Gasteiger partial charge in [-0.3, -0.25) is 9.78 Å². The lowest BCUT2D eigenvalue weighted by atomic mass is 10.1. The molecule has 2 aromatic carbocycles. The number of amides is 1. The fourth-order valence-electron chi connectivity index (χ4n) is 3.04. The van der Waals surface area contributed by atoms with Crippen molar-refractivity contribution in [1.82, 2.24) is 4.98 Å². The Hall–Kier alpha value is -3.54. The first kappa shape index (κ1) is 17.9. The molecule has 1 aliphatic rings. The van der Waals surface area contributed by atoms with Gasteiger partial charge in [-0.05, 0) is 53.6 Å². The van der Waals surface area contributed by atoms with Crippen LogP contribution in [0.15, 0.2) is 60.9 Å². The van der Waals surface area contributed by atoms with Gasteiger partial charge < -0.3 is 19.5 Å². The topological polar surface area (TPSA) is 69.7 Å². The van der Waals surface area contributed by atoms with Crippen LogP contribution in [0.1, 0.15) is 21.5 Å². The van der Waals surface area contributed by atoms with Crippen LogP contribution in [0.4, 0.5) is 5.69 Å². The van der Waals surface area contributed by atoms with E-state index in [4.69, 9.17) is 14.2 Å². The van der Waals surface area contributed by atoms with Crippen LogP contribution < -0.4 is 19.5 Å². The van der Waals surface area contributed by atoms with Gasteiger partial charge in [0.25, 0.3) is 5.91 Å². The molecule has 1 aromatic heterocycles. The highest BCUT2D eigenvalue weighted by Crippen LogP contribution is 2.31. The smallest absolute Gasteiger partial charge is 0.255 e. The van der Waals surface area contributed by atoms with E-state index < -0.39 is 0 Å². The van der Waals surface area contributed by atoms with Crippen molar-refractivity contribution in [1.29, 1.82) is 0 Å². The monoisotopic (exact) mass is 376 g/mol. The molecule has 0 saturated carbocycles. The van der Waals surface area contributed by atoms with E-state index in [0.29, 0.717) is 36.0 Å². The van der Waals surface area contributed by atoms with Gasteiger partial charge in [0.15, 0.2) is 11.5 Å². The molecule has 1 aliphatic heterocycles. The maximum absolute atomic E-state index is 12.6. The summed E-state index contributed by atoms with van der Waals surface area (Å²) in [5.41, 5.74) is 3.28. The lowest BCUT2D eigenvalue weighted by Crippen LogP contribution is -2.12. The number of carbonyl (C=O) groups is 1. The molecule has 28 heavy (non-hydrogen) atoms. The summed E-state index contributed by atoms with van der Waals surface area (Å²) in [5, 5.41) is 2.91. The average Bonchev–Trinajstić information content (AvgIpc) is 3.21. The van der Waals surface area contributed by atoms with Crippen molar-refractivity contribution >= 4 is 11.6 Å². The SMILES string of the molecule is COc1ccc(NC(=O)c2ccc3c(c2)CCO3)cc1OCc1ccncc1. The van der Waals surface area contributed by atoms with E-state index in [1.807, 2.05) is 24.3 Å². The van der Waals surface area contributed by atoms with Gasteiger partial charge in [0.1, 0.15) is 12.4 Å². The van der Waals surface area contributed by atoms with Crippen molar-refractivity contribution < 1.29 is 19.0 Å². The van der Waals surface area contributed by atoms with E-state index in [1.54, 1.807) is 43.8 Å². The minimum atomic E-state index is -0.181. The van der Waals surface area contributed by atoms with Gasteiger partial charge in [-0.2, -0.15) is 0 Å². The minimum absolute atomic E-state index is 0.181. The molecular formula is C22H20N2O4. The zero-order valence-corrected chi connectivity index (χ0v) is 15.5. The molecule has 0 radical (unpaired) electrons. The third kappa shape index (κ3) is 3.91. The van der Waals surface area contributed by atoms with Gasteiger partial charge in [-0.25, -0.2) is 0 Å². The van der Waals surface area contributed by atoms with Crippen molar-refractivity contribution in [2.75, 3.05) is 19.0 Å². The molecular weight excluding hydrogens is 356 g/mol. The van der Waals surface area contributed by atoms with E-state index in [-0.39, 0.29) is 5.91 Å². The number of nitrogens with zero attached hydrogens (tertiary/aromatic N) is 1. The fourth-order valence-corrected chi connectivity index (χ4v) is 3.04. The summed E-state index contributed by atoms with van der Waals surface area (Å²) < 4.78 is 16.7. The molecule has 0 saturated heterocycles. The van der Waals surface area contributed by atoms with Crippen molar-refractivity contribution in [3.8, 4) is 17.2 Å². The van der Waals surface area contributed by atoms with Crippen molar-refractivity contribution in [2.45, 2.75) is 13.0 Å². The Kier molecular flexibility index (Phi) is 5.10. The number of benzene rings is 2. The van der Waals surface area contributed by atoms with Crippen LogP contribution in [0.25, 0.3) is 0 Å². The van der Waals surface area contributed by atoms with Gasteiger partial charge in [0.2, 0.25) is 0 Å². The highest BCUT2D eigenvalue weighted by Gasteiger charge is 2.16. The van der Waals surface area contributed by atoms with E-state index >= 15 is 0 Å². The van der Waals surface area contributed by atoms with Crippen molar-refractivity contribution in [3.63, 3.8) is 0 Å². The predicted octanol–water partition coefficient (Wildman–Crippen LogP) is 3.86. The van der Waals surface area contributed by atoms with E-state index in [1.165, 1.54) is 0 Å². The van der Waals surface area contributed by atoms with Gasteiger partial charge in [0, 0.05) is 36.1 Å². The molecule has 142 valence electrons. The Labute approximate surface area is 163 Å². The zero-order valence-electron chi connectivity index (χ0n) is 15.5. The maximum Gasteiger partial charge on any atom is 0.255 e. The molecule has 0 unspecified atom stereocenters. The van der Waals surface area contributed by atoms with Crippen LogP contribution in [0.3, 0.4) is 0 Å². The van der Waals surface area contributed by atoms with E-state index in [9.17, 15) is 4.79 Å². The second kappa shape index (κ2) is 8.00. The molecule has 0 fully saturated rings. The standard InChI is InChI=1S/C22H20N2O4/c1-26-20-5-3-18(13-21(20)28-14-15-6-9-23-10-7-15)24-22(25)17-2-4-19-16(12-17)8-11-27-19/h2-7,9-10,12-13H,8,11,14H2,1H3,(H,24,25). The molecule has 6 heteroatoms. The first-order valence-electron chi connectivity index (χ1n) is 9.00. The number of nitrogens with one attached hydrogen (secondary N) is 1. The Morgan fingerprint density at radius 2 is 1.96 bits per heavy atom. The highest BCUT2D eigenvalue weighted by atomic mass is 16.5. The van der Waals surface area contributed by atoms with Crippen LogP contribution in [0, 0.1) is 0 Å². The number of aromatic nitrogens is 1. The van der Waals surface area contributed by atoms with Gasteiger partial charge in [0.05, 0.1) is 13.7 Å². The number of hydrogen-bond acceptors (Lipinski definition) is 5. The number of fused-ring (bicyclic) bond motifs is 1. The van der Waals surface area contributed by atoms with Crippen molar-refractivity contribution in [3.05, 3.63) is 77.6 Å². The Bertz CT molecular complexity index is 989. The molecule has 3 aromatic rings. The molecule has 4 rings (SSSR count).